The molecule has 136 valence electrons. The van der Waals surface area contributed by atoms with Crippen molar-refractivity contribution in [3.8, 4) is 0 Å². The van der Waals surface area contributed by atoms with Gasteiger partial charge in [-0.25, -0.2) is 8.42 Å². The van der Waals surface area contributed by atoms with Crippen LogP contribution < -0.4 is 15.8 Å². The average molecular weight is 364 g/mol. The molecule has 0 bridgehead atoms. The number of hydrogen-bond acceptors (Lipinski definition) is 5. The number of rotatable bonds is 5. The van der Waals surface area contributed by atoms with Crippen LogP contribution in [0.3, 0.4) is 0 Å². The molecule has 1 aromatic rings. The fourth-order valence-electron chi connectivity index (χ4n) is 3.54. The summed E-state index contributed by atoms with van der Waals surface area (Å²) in [5.41, 5.74) is 6.10. The van der Waals surface area contributed by atoms with Crippen LogP contribution in [0.15, 0.2) is 34.2 Å². The summed E-state index contributed by atoms with van der Waals surface area (Å²) in [4.78, 5) is 17.0. The van der Waals surface area contributed by atoms with Gasteiger partial charge in [0.1, 0.15) is 5.84 Å². The van der Waals surface area contributed by atoms with E-state index in [1.165, 1.54) is 0 Å². The van der Waals surface area contributed by atoms with Gasteiger partial charge < -0.3 is 11.1 Å². The van der Waals surface area contributed by atoms with Crippen molar-refractivity contribution in [3.05, 3.63) is 29.8 Å². The number of hydrogen-bond donors (Lipinski definition) is 3. The van der Waals surface area contributed by atoms with E-state index in [1.807, 2.05) is 0 Å². The molecule has 0 radical (unpaired) electrons. The smallest absolute Gasteiger partial charge is 0.263 e. The van der Waals surface area contributed by atoms with E-state index >= 15 is 0 Å². The molecule has 1 saturated carbocycles. The van der Waals surface area contributed by atoms with E-state index in [0.717, 1.165) is 25.7 Å². The van der Waals surface area contributed by atoms with E-state index < -0.39 is 10.0 Å². The first-order valence-electron chi connectivity index (χ1n) is 8.56. The Hall–Kier alpha value is -1.93. The van der Waals surface area contributed by atoms with Crippen molar-refractivity contribution in [2.75, 3.05) is 6.54 Å². The van der Waals surface area contributed by atoms with Crippen LogP contribution in [0.2, 0.25) is 0 Å². The van der Waals surface area contributed by atoms with Crippen molar-refractivity contribution in [1.82, 2.24) is 10.0 Å². The van der Waals surface area contributed by atoms with E-state index in [0.29, 0.717) is 17.9 Å². The average Bonchev–Trinajstić information content (AvgIpc) is 3.11. The van der Waals surface area contributed by atoms with Gasteiger partial charge in [0, 0.05) is 18.5 Å². The minimum Gasteiger partial charge on any atom is -0.349 e. The van der Waals surface area contributed by atoms with Gasteiger partial charge >= 0.3 is 0 Å². The Kier molecular flexibility index (Phi) is 4.83. The van der Waals surface area contributed by atoms with Crippen LogP contribution in [0.25, 0.3) is 0 Å². The topological polar surface area (TPSA) is 114 Å². The van der Waals surface area contributed by atoms with E-state index in [1.54, 1.807) is 31.2 Å². The van der Waals surface area contributed by atoms with E-state index in [2.05, 4.69) is 15.0 Å². The molecule has 2 aliphatic rings. The lowest BCUT2D eigenvalue weighted by molar-refractivity contribution is -0.123. The minimum atomic E-state index is -3.56. The Morgan fingerprint density at radius 3 is 2.72 bits per heavy atom. The SMILES string of the molecule is CC(CC(=O)NC1(CN)CCCC1)N=C1NS(=O)(=O)c2ccccc21. The number of carbonyl (C=O) groups is 1. The number of aliphatic imine (C=N–C) groups is 1. The molecule has 1 aliphatic carbocycles. The zero-order valence-electron chi connectivity index (χ0n) is 14.3. The fraction of sp³-hybridized carbons (Fsp3) is 0.529. The van der Waals surface area contributed by atoms with Crippen LogP contribution in [-0.2, 0) is 14.8 Å². The number of sulfonamides is 1. The quantitative estimate of drug-likeness (QED) is 0.720. The maximum Gasteiger partial charge on any atom is 0.263 e. The Balaban J connectivity index is 1.69. The number of amides is 1. The molecule has 3 rings (SSSR count). The Morgan fingerprint density at radius 2 is 2.04 bits per heavy atom. The molecule has 1 fully saturated rings. The fourth-order valence-corrected chi connectivity index (χ4v) is 4.78. The van der Waals surface area contributed by atoms with Gasteiger partial charge in [0.05, 0.1) is 16.5 Å². The molecule has 1 unspecified atom stereocenters. The highest BCUT2D eigenvalue weighted by atomic mass is 32.2. The molecule has 25 heavy (non-hydrogen) atoms. The summed E-state index contributed by atoms with van der Waals surface area (Å²) in [7, 11) is -3.56. The number of nitrogens with two attached hydrogens (primary N) is 1. The lowest BCUT2D eigenvalue weighted by atomic mass is 9.97. The second-order valence-electron chi connectivity index (χ2n) is 6.87. The van der Waals surface area contributed by atoms with Gasteiger partial charge in [-0.3, -0.25) is 14.5 Å². The Morgan fingerprint density at radius 1 is 1.36 bits per heavy atom. The summed E-state index contributed by atoms with van der Waals surface area (Å²) in [6, 6.07) is 6.34. The van der Waals surface area contributed by atoms with Gasteiger partial charge in [-0.1, -0.05) is 25.0 Å². The summed E-state index contributed by atoms with van der Waals surface area (Å²) in [5.74, 6) is 0.198. The lowest BCUT2D eigenvalue weighted by Gasteiger charge is -2.29. The second-order valence-corrected chi connectivity index (χ2v) is 8.52. The molecule has 7 nitrogen and oxygen atoms in total. The van der Waals surface area contributed by atoms with E-state index in [-0.39, 0.29) is 28.8 Å². The molecule has 1 heterocycles. The lowest BCUT2D eigenvalue weighted by Crippen LogP contribution is -2.52. The van der Waals surface area contributed by atoms with Gasteiger partial charge in [0.2, 0.25) is 5.91 Å². The zero-order valence-corrected chi connectivity index (χ0v) is 15.1. The van der Waals surface area contributed by atoms with Crippen molar-refractivity contribution in [2.24, 2.45) is 10.7 Å². The van der Waals surface area contributed by atoms with Gasteiger partial charge in [-0.2, -0.15) is 0 Å². The molecular weight excluding hydrogens is 340 g/mol. The maximum atomic E-state index is 12.3. The Bertz CT molecular complexity index is 798. The highest BCUT2D eigenvalue weighted by molar-refractivity contribution is 7.90. The third-order valence-electron chi connectivity index (χ3n) is 4.85. The summed E-state index contributed by atoms with van der Waals surface area (Å²) >= 11 is 0. The molecule has 1 amide bonds. The summed E-state index contributed by atoms with van der Waals surface area (Å²) in [6.45, 7) is 2.24. The first-order valence-corrected chi connectivity index (χ1v) is 10.0. The van der Waals surface area contributed by atoms with E-state index in [4.69, 9.17) is 5.73 Å². The first kappa shape index (κ1) is 17.9. The van der Waals surface area contributed by atoms with Crippen LogP contribution in [-0.4, -0.2) is 38.3 Å². The normalized spacial score (nSPS) is 23.0. The Labute approximate surface area is 148 Å². The van der Waals surface area contributed by atoms with Gasteiger partial charge in [-0.15, -0.1) is 0 Å². The molecule has 4 N–H and O–H groups in total. The number of benzene rings is 1. The maximum absolute atomic E-state index is 12.3. The monoisotopic (exact) mass is 364 g/mol. The van der Waals surface area contributed by atoms with Gasteiger partial charge in [0.25, 0.3) is 10.0 Å². The zero-order chi connectivity index (χ0) is 18.1. The van der Waals surface area contributed by atoms with Crippen LogP contribution in [0, 0.1) is 0 Å². The molecule has 0 aromatic heterocycles. The molecule has 1 atom stereocenters. The van der Waals surface area contributed by atoms with Crippen molar-refractivity contribution < 1.29 is 13.2 Å². The summed E-state index contributed by atoms with van der Waals surface area (Å²) < 4.78 is 26.6. The summed E-state index contributed by atoms with van der Waals surface area (Å²) in [5, 5.41) is 3.06. The predicted molar refractivity (Wildman–Crippen MR) is 95.8 cm³/mol. The van der Waals surface area contributed by atoms with Crippen LogP contribution in [0.4, 0.5) is 0 Å². The molecular formula is C17H24N4O3S. The molecule has 1 aliphatic heterocycles. The number of nitrogens with one attached hydrogen (secondary N) is 2. The third kappa shape index (κ3) is 3.69. The predicted octanol–water partition coefficient (Wildman–Crippen LogP) is 0.891. The van der Waals surface area contributed by atoms with Crippen molar-refractivity contribution in [2.45, 2.75) is 55.5 Å². The first-order chi connectivity index (χ1) is 11.9. The minimum absolute atomic E-state index is 0.0988. The molecule has 1 aromatic carbocycles. The van der Waals surface area contributed by atoms with E-state index in [9.17, 15) is 13.2 Å². The van der Waals surface area contributed by atoms with Gasteiger partial charge in [-0.05, 0) is 31.9 Å². The standard InChI is InChI=1S/C17H24N4O3S/c1-12(10-15(22)20-17(11-18)8-4-5-9-17)19-16-13-6-2-3-7-14(13)25(23,24)21-16/h2-3,6-7,12H,4-5,8-11,18H2,1H3,(H,19,21)(H,20,22). The molecule has 0 spiro atoms. The second kappa shape index (κ2) is 6.76. The highest BCUT2D eigenvalue weighted by Gasteiger charge is 2.34. The number of fused-ring (bicyclic) bond motifs is 1. The largest absolute Gasteiger partial charge is 0.349 e. The molecule has 8 heteroatoms. The summed E-state index contributed by atoms with van der Waals surface area (Å²) in [6.07, 6.45) is 4.16. The highest BCUT2D eigenvalue weighted by Crippen LogP contribution is 2.29. The molecule has 0 saturated heterocycles. The van der Waals surface area contributed by atoms with Crippen LogP contribution in [0.5, 0.6) is 0 Å². The number of carbonyl (C=O) groups excluding carboxylic acids is 1. The van der Waals surface area contributed by atoms with Crippen LogP contribution in [0.1, 0.15) is 44.6 Å². The van der Waals surface area contributed by atoms with Crippen molar-refractivity contribution in [3.63, 3.8) is 0 Å². The van der Waals surface area contributed by atoms with Gasteiger partial charge in [0.15, 0.2) is 0 Å². The number of nitrogens with zero attached hydrogens (tertiary/aromatic N) is 1. The van der Waals surface area contributed by atoms with Crippen molar-refractivity contribution >= 4 is 21.8 Å². The number of amidine groups is 1. The van der Waals surface area contributed by atoms with Crippen LogP contribution >= 0.6 is 0 Å². The third-order valence-corrected chi connectivity index (χ3v) is 6.25. The van der Waals surface area contributed by atoms with Crippen molar-refractivity contribution in [1.29, 1.82) is 0 Å².